The maximum atomic E-state index is 12.9. The molecule has 1 aromatic rings. The first-order chi connectivity index (χ1) is 14.3. The molecule has 1 unspecified atom stereocenters. The second kappa shape index (κ2) is 7.71. The van der Waals surface area contributed by atoms with Crippen molar-refractivity contribution in [1.82, 2.24) is 20.4 Å². The molecule has 30 heavy (non-hydrogen) atoms. The molecule has 1 aromatic carbocycles. The zero-order chi connectivity index (χ0) is 21.5. The minimum atomic E-state index is -0.682. The highest BCUT2D eigenvalue weighted by atomic mass is 16.5. The molecule has 0 radical (unpaired) electrons. The molecular weight excluding hydrogens is 388 g/mol. The molecule has 160 valence electrons. The van der Waals surface area contributed by atoms with Gasteiger partial charge in [0.2, 0.25) is 11.8 Å². The molecule has 2 N–H and O–H groups in total. The molecule has 3 aliphatic rings. The number of imide groups is 1. The lowest BCUT2D eigenvalue weighted by atomic mass is 10.0. The largest absolute Gasteiger partial charge is 0.483 e. The van der Waals surface area contributed by atoms with Crippen molar-refractivity contribution in [1.29, 1.82) is 0 Å². The van der Waals surface area contributed by atoms with Crippen molar-refractivity contribution >= 4 is 23.6 Å². The predicted molar refractivity (Wildman–Crippen MR) is 107 cm³/mol. The average Bonchev–Trinajstić information content (AvgIpc) is 3.03. The number of nitrogens with zero attached hydrogens (tertiary/aromatic N) is 2. The van der Waals surface area contributed by atoms with E-state index in [0.717, 1.165) is 13.1 Å². The van der Waals surface area contributed by atoms with E-state index in [2.05, 4.69) is 10.6 Å². The van der Waals surface area contributed by atoms with Crippen LogP contribution in [0.3, 0.4) is 0 Å². The minimum Gasteiger partial charge on any atom is -0.483 e. The molecule has 0 spiro atoms. The van der Waals surface area contributed by atoms with Gasteiger partial charge in [-0.2, -0.15) is 0 Å². The third-order valence-corrected chi connectivity index (χ3v) is 5.99. The molecule has 3 heterocycles. The predicted octanol–water partition coefficient (Wildman–Crippen LogP) is 0.0368. The Balaban J connectivity index is 1.47. The Labute approximate surface area is 174 Å². The van der Waals surface area contributed by atoms with Crippen LogP contribution < -0.4 is 15.4 Å². The number of carbonyl (C=O) groups excluding carboxylic acids is 4. The Bertz CT molecular complexity index is 913. The molecule has 4 amide bonds. The number of hydrogen-bond donors (Lipinski definition) is 2. The minimum absolute atomic E-state index is 0.106. The summed E-state index contributed by atoms with van der Waals surface area (Å²) in [6.45, 7) is 6.18. The van der Waals surface area contributed by atoms with E-state index in [1.54, 1.807) is 18.2 Å². The normalized spacial score (nSPS) is 23.3. The first-order valence-electron chi connectivity index (χ1n) is 10.2. The standard InChI is InChI=1S/C21H26N4O5/c1-21(2)12-22-8-9-25(21)18(27)11-30-16-5-3-4-13-14(16)10-24(20(13)29)15-6-7-17(26)23-19(15)28/h3-5,15,22H,6-12H2,1-2H3,(H,23,26,28). The van der Waals surface area contributed by atoms with Crippen molar-refractivity contribution in [2.24, 2.45) is 0 Å². The third-order valence-electron chi connectivity index (χ3n) is 5.99. The van der Waals surface area contributed by atoms with Crippen LogP contribution in [-0.2, 0) is 20.9 Å². The van der Waals surface area contributed by atoms with Crippen molar-refractivity contribution in [3.05, 3.63) is 29.3 Å². The fourth-order valence-corrected chi connectivity index (χ4v) is 4.36. The molecule has 0 aliphatic carbocycles. The number of ether oxygens (including phenoxy) is 1. The van der Waals surface area contributed by atoms with Gasteiger partial charge >= 0.3 is 0 Å². The van der Waals surface area contributed by atoms with Gasteiger partial charge in [-0.15, -0.1) is 0 Å². The number of rotatable bonds is 4. The maximum absolute atomic E-state index is 12.9. The molecule has 3 aliphatic heterocycles. The second-order valence-corrected chi connectivity index (χ2v) is 8.51. The molecule has 1 atom stereocenters. The summed E-state index contributed by atoms with van der Waals surface area (Å²) in [7, 11) is 0. The number of piperidine rings is 1. The highest BCUT2D eigenvalue weighted by Gasteiger charge is 2.40. The number of piperazine rings is 1. The lowest BCUT2D eigenvalue weighted by Gasteiger charge is -2.42. The lowest BCUT2D eigenvalue weighted by molar-refractivity contribution is -0.140. The third kappa shape index (κ3) is 3.65. The maximum Gasteiger partial charge on any atom is 0.261 e. The zero-order valence-corrected chi connectivity index (χ0v) is 17.2. The van der Waals surface area contributed by atoms with E-state index in [9.17, 15) is 19.2 Å². The van der Waals surface area contributed by atoms with E-state index >= 15 is 0 Å². The summed E-state index contributed by atoms with van der Waals surface area (Å²) in [5.41, 5.74) is 0.835. The zero-order valence-electron chi connectivity index (χ0n) is 17.2. The van der Waals surface area contributed by atoms with Crippen LogP contribution in [0.15, 0.2) is 18.2 Å². The Morgan fingerprint density at radius 3 is 2.80 bits per heavy atom. The van der Waals surface area contributed by atoms with Gasteiger partial charge in [-0.3, -0.25) is 24.5 Å². The summed E-state index contributed by atoms with van der Waals surface area (Å²) < 4.78 is 5.84. The Morgan fingerprint density at radius 1 is 1.27 bits per heavy atom. The van der Waals surface area contributed by atoms with Gasteiger partial charge in [0.05, 0.1) is 6.54 Å². The first-order valence-corrected chi connectivity index (χ1v) is 10.2. The van der Waals surface area contributed by atoms with Crippen molar-refractivity contribution in [2.45, 2.75) is 44.8 Å². The number of fused-ring (bicyclic) bond motifs is 1. The summed E-state index contributed by atoms with van der Waals surface area (Å²) in [6.07, 6.45) is 0.506. The fraction of sp³-hybridized carbons (Fsp3) is 0.524. The monoisotopic (exact) mass is 414 g/mol. The highest BCUT2D eigenvalue weighted by Crippen LogP contribution is 2.33. The molecule has 0 saturated carbocycles. The van der Waals surface area contributed by atoms with Gasteiger partial charge in [0.1, 0.15) is 11.8 Å². The molecular formula is C21H26N4O5. The van der Waals surface area contributed by atoms with Crippen LogP contribution in [0.5, 0.6) is 5.75 Å². The van der Waals surface area contributed by atoms with E-state index in [1.807, 2.05) is 18.7 Å². The summed E-state index contributed by atoms with van der Waals surface area (Å²) in [6, 6.07) is 4.45. The molecule has 2 fully saturated rings. The summed E-state index contributed by atoms with van der Waals surface area (Å²) in [4.78, 5) is 52.5. The molecule has 0 aromatic heterocycles. The summed E-state index contributed by atoms with van der Waals surface area (Å²) in [5, 5.41) is 5.58. The van der Waals surface area contributed by atoms with Gasteiger partial charge in [0.15, 0.2) is 6.61 Å². The number of benzene rings is 1. The lowest BCUT2D eigenvalue weighted by Crippen LogP contribution is -2.60. The number of hydrogen-bond acceptors (Lipinski definition) is 6. The van der Waals surface area contributed by atoms with Gasteiger partial charge < -0.3 is 19.9 Å². The second-order valence-electron chi connectivity index (χ2n) is 8.51. The summed E-state index contributed by atoms with van der Waals surface area (Å²) in [5.74, 6) is -0.674. The van der Waals surface area contributed by atoms with Crippen LogP contribution in [0.1, 0.15) is 42.6 Å². The molecule has 0 bridgehead atoms. The molecule has 2 saturated heterocycles. The van der Waals surface area contributed by atoms with E-state index in [1.165, 1.54) is 4.90 Å². The van der Waals surface area contributed by atoms with Gasteiger partial charge in [0.25, 0.3) is 11.8 Å². The van der Waals surface area contributed by atoms with Crippen LogP contribution in [-0.4, -0.2) is 71.3 Å². The van der Waals surface area contributed by atoms with Gasteiger partial charge in [-0.25, -0.2) is 0 Å². The quantitative estimate of drug-likeness (QED) is 0.674. The summed E-state index contributed by atoms with van der Waals surface area (Å²) >= 11 is 0. The highest BCUT2D eigenvalue weighted by molar-refractivity contribution is 6.05. The van der Waals surface area contributed by atoms with Crippen molar-refractivity contribution in [2.75, 3.05) is 26.2 Å². The Hall–Kier alpha value is -2.94. The fourth-order valence-electron chi connectivity index (χ4n) is 4.36. The van der Waals surface area contributed by atoms with E-state index in [4.69, 9.17) is 4.74 Å². The van der Waals surface area contributed by atoms with Crippen LogP contribution in [0.25, 0.3) is 0 Å². The van der Waals surface area contributed by atoms with Crippen LogP contribution >= 0.6 is 0 Å². The first kappa shape index (κ1) is 20.3. The van der Waals surface area contributed by atoms with Crippen LogP contribution in [0, 0.1) is 0 Å². The number of carbonyl (C=O) groups is 4. The molecule has 9 heteroatoms. The molecule has 4 rings (SSSR count). The van der Waals surface area contributed by atoms with Gasteiger partial charge in [-0.05, 0) is 32.4 Å². The average molecular weight is 414 g/mol. The van der Waals surface area contributed by atoms with E-state index < -0.39 is 11.9 Å². The van der Waals surface area contributed by atoms with Crippen molar-refractivity contribution in [3.8, 4) is 5.75 Å². The SMILES string of the molecule is CC1(C)CNCCN1C(=O)COc1cccc2c1CN(C1CCC(=O)NC1=O)C2=O. The van der Waals surface area contributed by atoms with Crippen LogP contribution in [0.2, 0.25) is 0 Å². The van der Waals surface area contributed by atoms with E-state index in [0.29, 0.717) is 29.8 Å². The van der Waals surface area contributed by atoms with Crippen molar-refractivity contribution < 1.29 is 23.9 Å². The molecule has 9 nitrogen and oxygen atoms in total. The van der Waals surface area contributed by atoms with Gasteiger partial charge in [-0.1, -0.05) is 6.07 Å². The van der Waals surface area contributed by atoms with Gasteiger partial charge in [0, 0.05) is 42.7 Å². The van der Waals surface area contributed by atoms with E-state index in [-0.39, 0.29) is 42.8 Å². The topological polar surface area (TPSA) is 108 Å². The Kier molecular flexibility index (Phi) is 5.23. The number of nitrogens with one attached hydrogen (secondary N) is 2. The Morgan fingerprint density at radius 2 is 2.07 bits per heavy atom. The van der Waals surface area contributed by atoms with Crippen molar-refractivity contribution in [3.63, 3.8) is 0 Å². The van der Waals surface area contributed by atoms with Crippen LogP contribution in [0.4, 0.5) is 0 Å². The smallest absolute Gasteiger partial charge is 0.261 e. The number of amides is 4.